The minimum atomic E-state index is -3.74. The van der Waals surface area contributed by atoms with Crippen molar-refractivity contribution in [3.63, 3.8) is 0 Å². The van der Waals surface area contributed by atoms with Crippen LogP contribution >= 0.6 is 0 Å². The topological polar surface area (TPSA) is 126 Å². The molecule has 2 unspecified atom stereocenters. The molecule has 9 nitrogen and oxygen atoms in total. The summed E-state index contributed by atoms with van der Waals surface area (Å²) in [6.07, 6.45) is 6.38. The molecule has 3 amide bonds. The molecule has 2 aliphatic rings. The van der Waals surface area contributed by atoms with Crippen LogP contribution in [0, 0.1) is 11.8 Å². The molecular formula is C22H23N3O6S. The van der Waals surface area contributed by atoms with Crippen LogP contribution in [0.5, 0.6) is 0 Å². The maximum atomic E-state index is 12.5. The second-order valence-electron chi connectivity index (χ2n) is 7.71. The Morgan fingerprint density at radius 3 is 2.28 bits per heavy atom. The molecule has 2 atom stereocenters. The Balaban J connectivity index is 1.29. The van der Waals surface area contributed by atoms with E-state index < -0.39 is 10.0 Å². The van der Waals surface area contributed by atoms with Gasteiger partial charge < -0.3 is 9.73 Å². The highest BCUT2D eigenvalue weighted by Crippen LogP contribution is 2.35. The molecular weight excluding hydrogens is 434 g/mol. The second kappa shape index (κ2) is 9.09. The van der Waals surface area contributed by atoms with Gasteiger partial charge in [0.1, 0.15) is 5.76 Å². The molecule has 2 N–H and O–H groups in total. The van der Waals surface area contributed by atoms with Crippen LogP contribution in [0.3, 0.4) is 0 Å². The van der Waals surface area contributed by atoms with Gasteiger partial charge in [-0.15, -0.1) is 0 Å². The molecule has 32 heavy (non-hydrogen) atoms. The lowest BCUT2D eigenvalue weighted by molar-refractivity contribution is -0.140. The summed E-state index contributed by atoms with van der Waals surface area (Å²) in [6, 6.07) is 9.05. The van der Waals surface area contributed by atoms with E-state index in [0.717, 1.165) is 0 Å². The maximum Gasteiger partial charge on any atom is 0.240 e. The molecule has 1 fully saturated rings. The van der Waals surface area contributed by atoms with Crippen molar-refractivity contribution in [1.29, 1.82) is 0 Å². The van der Waals surface area contributed by atoms with E-state index in [-0.39, 0.29) is 54.0 Å². The lowest BCUT2D eigenvalue weighted by atomic mass is 9.85. The second-order valence-corrected chi connectivity index (χ2v) is 9.48. The van der Waals surface area contributed by atoms with Crippen LogP contribution < -0.4 is 10.0 Å². The van der Waals surface area contributed by atoms with Gasteiger partial charge in [0.05, 0.1) is 29.5 Å². The minimum Gasteiger partial charge on any atom is -0.468 e. The number of nitrogens with one attached hydrogen (secondary N) is 2. The van der Waals surface area contributed by atoms with E-state index in [9.17, 15) is 22.8 Å². The molecule has 0 saturated carbocycles. The molecule has 1 aromatic carbocycles. The average Bonchev–Trinajstić information content (AvgIpc) is 3.39. The van der Waals surface area contributed by atoms with Crippen molar-refractivity contribution in [2.45, 2.75) is 30.7 Å². The summed E-state index contributed by atoms with van der Waals surface area (Å²) < 4.78 is 32.3. The number of allylic oxidation sites excluding steroid dienone is 2. The van der Waals surface area contributed by atoms with Crippen LogP contribution in [-0.4, -0.2) is 37.6 Å². The lowest BCUT2D eigenvalue weighted by Crippen LogP contribution is -2.34. The van der Waals surface area contributed by atoms with Crippen molar-refractivity contribution < 1.29 is 27.2 Å². The molecule has 1 aromatic heterocycles. The number of anilines is 1. The molecule has 168 valence electrons. The number of hydrogen-bond donors (Lipinski definition) is 2. The smallest absolute Gasteiger partial charge is 0.240 e. The predicted molar refractivity (Wildman–Crippen MR) is 114 cm³/mol. The lowest BCUT2D eigenvalue weighted by Gasteiger charge is -2.14. The average molecular weight is 458 g/mol. The van der Waals surface area contributed by atoms with Gasteiger partial charge in [0, 0.05) is 18.7 Å². The zero-order chi connectivity index (χ0) is 22.7. The number of rotatable bonds is 8. The molecule has 0 radical (unpaired) electrons. The van der Waals surface area contributed by atoms with E-state index in [1.807, 2.05) is 12.2 Å². The molecule has 10 heteroatoms. The van der Waals surface area contributed by atoms with Crippen molar-refractivity contribution in [1.82, 2.24) is 9.62 Å². The van der Waals surface area contributed by atoms with Crippen LogP contribution in [-0.2, 0) is 31.0 Å². The summed E-state index contributed by atoms with van der Waals surface area (Å²) >= 11 is 0. The number of amides is 3. The normalized spacial score (nSPS) is 20.4. The third kappa shape index (κ3) is 4.66. The number of imide groups is 1. The Morgan fingerprint density at radius 1 is 1.03 bits per heavy atom. The molecule has 1 aliphatic carbocycles. The SMILES string of the molecule is O=C(CCN1C(=O)C2CC=CCC2C1=O)Nc1ccc(S(=O)(=O)NCc2ccco2)cc1. The van der Waals surface area contributed by atoms with Crippen molar-refractivity contribution in [2.24, 2.45) is 11.8 Å². The van der Waals surface area contributed by atoms with Gasteiger partial charge in [0.2, 0.25) is 27.7 Å². The minimum absolute atomic E-state index is 0.0273. The highest BCUT2D eigenvalue weighted by Gasteiger charge is 2.46. The predicted octanol–water partition coefficient (Wildman–Crippen LogP) is 2.04. The van der Waals surface area contributed by atoms with Crippen LogP contribution in [0.1, 0.15) is 25.0 Å². The first-order valence-electron chi connectivity index (χ1n) is 10.3. The van der Waals surface area contributed by atoms with Gasteiger partial charge in [-0.05, 0) is 49.2 Å². The molecule has 0 spiro atoms. The van der Waals surface area contributed by atoms with Crippen LogP contribution in [0.25, 0.3) is 0 Å². The summed E-state index contributed by atoms with van der Waals surface area (Å²) in [7, 11) is -3.74. The van der Waals surface area contributed by atoms with E-state index in [0.29, 0.717) is 24.3 Å². The third-order valence-electron chi connectivity index (χ3n) is 5.63. The number of fused-ring (bicyclic) bond motifs is 1. The highest BCUT2D eigenvalue weighted by atomic mass is 32.2. The van der Waals surface area contributed by atoms with Gasteiger partial charge >= 0.3 is 0 Å². The largest absolute Gasteiger partial charge is 0.468 e. The van der Waals surface area contributed by atoms with Gasteiger partial charge in [-0.2, -0.15) is 0 Å². The zero-order valence-corrected chi connectivity index (χ0v) is 18.0. The Bertz CT molecular complexity index is 1110. The van der Waals surface area contributed by atoms with Crippen LogP contribution in [0.15, 0.2) is 64.1 Å². The molecule has 0 bridgehead atoms. The fourth-order valence-electron chi connectivity index (χ4n) is 3.91. The highest BCUT2D eigenvalue weighted by molar-refractivity contribution is 7.89. The number of sulfonamides is 1. The van der Waals surface area contributed by atoms with Crippen molar-refractivity contribution in [3.05, 3.63) is 60.6 Å². The van der Waals surface area contributed by atoms with Crippen LogP contribution in [0.4, 0.5) is 5.69 Å². The van der Waals surface area contributed by atoms with Crippen molar-refractivity contribution in [3.8, 4) is 0 Å². The van der Waals surface area contributed by atoms with E-state index >= 15 is 0 Å². The molecule has 2 heterocycles. The summed E-state index contributed by atoms with van der Waals surface area (Å²) in [5.74, 6) is -0.937. The van der Waals surface area contributed by atoms with Gasteiger partial charge in [0.15, 0.2) is 0 Å². The van der Waals surface area contributed by atoms with Gasteiger partial charge in [-0.25, -0.2) is 13.1 Å². The fraction of sp³-hybridized carbons (Fsp3) is 0.318. The molecule has 1 saturated heterocycles. The van der Waals surface area contributed by atoms with Gasteiger partial charge in [-0.1, -0.05) is 12.2 Å². The fourth-order valence-corrected chi connectivity index (χ4v) is 4.90. The first-order valence-corrected chi connectivity index (χ1v) is 11.8. The summed E-state index contributed by atoms with van der Waals surface area (Å²) in [5.41, 5.74) is 0.414. The third-order valence-corrected chi connectivity index (χ3v) is 7.04. The quantitative estimate of drug-likeness (QED) is 0.462. The van der Waals surface area contributed by atoms with E-state index in [2.05, 4.69) is 10.0 Å². The number of hydrogen-bond acceptors (Lipinski definition) is 6. The number of benzene rings is 1. The summed E-state index contributed by atoms with van der Waals surface area (Å²) in [4.78, 5) is 38.4. The first-order chi connectivity index (χ1) is 15.3. The molecule has 1 aliphatic heterocycles. The Kier molecular flexibility index (Phi) is 6.24. The van der Waals surface area contributed by atoms with Gasteiger partial charge in [0.25, 0.3) is 0 Å². The van der Waals surface area contributed by atoms with E-state index in [4.69, 9.17) is 4.42 Å². The molecule has 4 rings (SSSR count). The number of likely N-dealkylation sites (tertiary alicyclic amines) is 1. The first kappa shape index (κ1) is 22.0. The Morgan fingerprint density at radius 2 is 1.69 bits per heavy atom. The van der Waals surface area contributed by atoms with Crippen molar-refractivity contribution >= 4 is 33.4 Å². The van der Waals surface area contributed by atoms with Gasteiger partial charge in [-0.3, -0.25) is 19.3 Å². The standard InChI is InChI=1S/C22H23N3O6S/c26-20(11-12-25-21(27)18-5-1-2-6-19(18)22(25)28)24-15-7-9-17(10-8-15)32(29,30)23-14-16-4-3-13-31-16/h1-4,7-10,13,18-19,23H,5-6,11-12,14H2,(H,24,26). The number of furan rings is 1. The number of carbonyl (C=O) groups excluding carboxylic acids is 3. The van der Waals surface area contributed by atoms with Crippen molar-refractivity contribution in [2.75, 3.05) is 11.9 Å². The molecule has 2 aromatic rings. The Labute approximate surface area is 185 Å². The maximum absolute atomic E-state index is 12.5. The van der Waals surface area contributed by atoms with Crippen LogP contribution in [0.2, 0.25) is 0 Å². The Hall–Kier alpha value is -3.24. The number of nitrogens with zero attached hydrogens (tertiary/aromatic N) is 1. The van der Waals surface area contributed by atoms with E-state index in [1.54, 1.807) is 12.1 Å². The monoisotopic (exact) mass is 457 g/mol. The summed E-state index contributed by atoms with van der Waals surface area (Å²) in [5, 5.41) is 2.66. The summed E-state index contributed by atoms with van der Waals surface area (Å²) in [6.45, 7) is 0.0548. The number of carbonyl (C=O) groups is 3. The zero-order valence-electron chi connectivity index (χ0n) is 17.2. The van der Waals surface area contributed by atoms with E-state index in [1.165, 1.54) is 35.4 Å².